The fourth-order valence-corrected chi connectivity index (χ4v) is 2.96. The molecule has 0 saturated carbocycles. The predicted molar refractivity (Wildman–Crippen MR) is 88.4 cm³/mol. The Hall–Kier alpha value is -1.80. The lowest BCUT2D eigenvalue weighted by atomic mass is 10.1. The molecule has 1 saturated heterocycles. The van der Waals surface area contributed by atoms with E-state index in [9.17, 15) is 22.8 Å². The van der Waals surface area contributed by atoms with Crippen molar-refractivity contribution in [2.45, 2.75) is 32.0 Å². The van der Waals surface area contributed by atoms with Gasteiger partial charge in [-0.05, 0) is 37.6 Å². The summed E-state index contributed by atoms with van der Waals surface area (Å²) < 4.78 is 38.3. The summed E-state index contributed by atoms with van der Waals surface area (Å²) >= 11 is 5.87. The molecule has 0 radical (unpaired) electrons. The molecule has 2 N–H and O–H groups in total. The lowest BCUT2D eigenvalue weighted by Crippen LogP contribution is -2.49. The second-order valence-electron chi connectivity index (χ2n) is 6.02. The lowest BCUT2D eigenvalue weighted by Gasteiger charge is -2.32. The normalized spacial score (nSPS) is 18.7. The zero-order chi connectivity index (χ0) is 18.6. The summed E-state index contributed by atoms with van der Waals surface area (Å²) in [6.07, 6.45) is -2.86. The summed E-state index contributed by atoms with van der Waals surface area (Å²) in [6.45, 7) is 2.65. The van der Waals surface area contributed by atoms with Gasteiger partial charge in [-0.25, -0.2) is 0 Å². The molecule has 1 fully saturated rings. The molecule has 0 spiro atoms. The number of benzene rings is 1. The summed E-state index contributed by atoms with van der Waals surface area (Å²) in [5, 5.41) is 5.27. The van der Waals surface area contributed by atoms with Gasteiger partial charge in [0.15, 0.2) is 0 Å². The van der Waals surface area contributed by atoms with E-state index in [1.807, 2.05) is 4.90 Å². The summed E-state index contributed by atoms with van der Waals surface area (Å²) in [4.78, 5) is 25.1. The van der Waals surface area contributed by atoms with Gasteiger partial charge in [0, 0.05) is 19.5 Å². The second kappa shape index (κ2) is 8.05. The van der Waals surface area contributed by atoms with Crippen molar-refractivity contribution in [2.24, 2.45) is 0 Å². The monoisotopic (exact) mass is 377 g/mol. The van der Waals surface area contributed by atoms with E-state index in [-0.39, 0.29) is 29.2 Å². The molecule has 9 heteroatoms. The molecule has 1 unspecified atom stereocenters. The number of rotatable bonds is 4. The molecule has 1 heterocycles. The van der Waals surface area contributed by atoms with Crippen molar-refractivity contribution in [1.82, 2.24) is 10.2 Å². The first-order valence-electron chi connectivity index (χ1n) is 7.81. The zero-order valence-corrected chi connectivity index (χ0v) is 14.4. The molecule has 0 bridgehead atoms. The third kappa shape index (κ3) is 5.89. The van der Waals surface area contributed by atoms with Gasteiger partial charge in [-0.15, -0.1) is 0 Å². The highest BCUT2D eigenvalue weighted by molar-refractivity contribution is 6.33. The smallest absolute Gasteiger partial charge is 0.352 e. The Labute approximate surface area is 148 Å². The molecule has 1 aromatic carbocycles. The highest BCUT2D eigenvalue weighted by Gasteiger charge is 2.31. The first-order chi connectivity index (χ1) is 11.6. The minimum atomic E-state index is -4.51. The van der Waals surface area contributed by atoms with Crippen LogP contribution in [0.3, 0.4) is 0 Å². The maximum absolute atomic E-state index is 12.8. The first-order valence-corrected chi connectivity index (χ1v) is 8.19. The van der Waals surface area contributed by atoms with Crippen LogP contribution in [0.2, 0.25) is 5.02 Å². The van der Waals surface area contributed by atoms with Crippen LogP contribution in [-0.4, -0.2) is 42.4 Å². The third-order valence-corrected chi connectivity index (χ3v) is 4.18. The molecule has 5 nitrogen and oxygen atoms in total. The Bertz CT molecular complexity index is 652. The summed E-state index contributed by atoms with van der Waals surface area (Å²) in [5.74, 6) is -0.586. The largest absolute Gasteiger partial charge is 0.416 e. The molecule has 0 aromatic heterocycles. The summed E-state index contributed by atoms with van der Waals surface area (Å²) in [7, 11) is 0. The van der Waals surface area contributed by atoms with Crippen LogP contribution in [-0.2, 0) is 15.8 Å². The Morgan fingerprint density at radius 3 is 2.72 bits per heavy atom. The number of nitrogens with zero attached hydrogens (tertiary/aromatic N) is 1. The van der Waals surface area contributed by atoms with Gasteiger partial charge in [-0.3, -0.25) is 14.5 Å². The van der Waals surface area contributed by atoms with Gasteiger partial charge in [-0.1, -0.05) is 11.6 Å². The minimum Gasteiger partial charge on any atom is -0.352 e. The standard InChI is InChI=1S/C16H19ClF3N3O2/c1-10(24)21-12-3-2-6-23(8-12)9-15(25)22-14-7-11(16(18,19)20)4-5-13(14)17/h4-5,7,12H,2-3,6,8-9H2,1H3,(H,21,24)(H,22,25). The van der Waals surface area contributed by atoms with Gasteiger partial charge in [0.1, 0.15) is 0 Å². The lowest BCUT2D eigenvalue weighted by molar-refractivity contribution is -0.137. The number of piperidine rings is 1. The van der Waals surface area contributed by atoms with Gasteiger partial charge >= 0.3 is 6.18 Å². The maximum Gasteiger partial charge on any atom is 0.416 e. The number of hydrogen-bond donors (Lipinski definition) is 2. The number of halogens is 4. The Balaban J connectivity index is 1.97. The molecule has 2 rings (SSSR count). The molecular weight excluding hydrogens is 359 g/mol. The number of carbonyl (C=O) groups excluding carboxylic acids is 2. The van der Waals surface area contributed by atoms with E-state index >= 15 is 0 Å². The Kier molecular flexibility index (Phi) is 6.29. The van der Waals surface area contributed by atoms with Gasteiger partial charge in [0.05, 0.1) is 22.8 Å². The Morgan fingerprint density at radius 1 is 1.36 bits per heavy atom. The van der Waals surface area contributed by atoms with E-state index < -0.39 is 17.6 Å². The van der Waals surface area contributed by atoms with Crippen LogP contribution in [0.5, 0.6) is 0 Å². The highest BCUT2D eigenvalue weighted by atomic mass is 35.5. The van der Waals surface area contributed by atoms with Crippen LogP contribution >= 0.6 is 11.6 Å². The van der Waals surface area contributed by atoms with Gasteiger partial charge < -0.3 is 10.6 Å². The molecule has 2 amide bonds. The number of likely N-dealkylation sites (tertiary alicyclic amines) is 1. The van der Waals surface area contributed by atoms with Crippen molar-refractivity contribution in [3.05, 3.63) is 28.8 Å². The quantitative estimate of drug-likeness (QED) is 0.848. The number of hydrogen-bond acceptors (Lipinski definition) is 3. The number of amides is 2. The van der Waals surface area contributed by atoms with E-state index in [1.54, 1.807) is 0 Å². The van der Waals surface area contributed by atoms with Gasteiger partial charge in [0.2, 0.25) is 11.8 Å². The van der Waals surface area contributed by atoms with E-state index in [0.717, 1.165) is 31.0 Å². The van der Waals surface area contributed by atoms with E-state index in [2.05, 4.69) is 10.6 Å². The first kappa shape index (κ1) is 19.5. The predicted octanol–water partition coefficient (Wildman–Crippen LogP) is 2.90. The van der Waals surface area contributed by atoms with Gasteiger partial charge in [0.25, 0.3) is 0 Å². The highest BCUT2D eigenvalue weighted by Crippen LogP contribution is 2.33. The third-order valence-electron chi connectivity index (χ3n) is 3.85. The molecule has 1 aliphatic heterocycles. The van der Waals surface area contributed by atoms with Crippen LogP contribution < -0.4 is 10.6 Å². The van der Waals surface area contributed by atoms with Crippen molar-refractivity contribution < 1.29 is 22.8 Å². The van der Waals surface area contributed by atoms with Crippen LogP contribution in [0.25, 0.3) is 0 Å². The molecule has 1 atom stereocenters. The molecule has 25 heavy (non-hydrogen) atoms. The van der Waals surface area contributed by atoms with E-state index in [0.29, 0.717) is 13.1 Å². The van der Waals surface area contributed by atoms with Crippen molar-refractivity contribution in [3.8, 4) is 0 Å². The van der Waals surface area contributed by atoms with E-state index in [4.69, 9.17) is 11.6 Å². The zero-order valence-electron chi connectivity index (χ0n) is 13.6. The summed E-state index contributed by atoms with van der Waals surface area (Å²) in [5.41, 5.74) is -0.951. The molecular formula is C16H19ClF3N3O2. The topological polar surface area (TPSA) is 61.4 Å². The van der Waals surface area contributed by atoms with Crippen molar-refractivity contribution in [3.63, 3.8) is 0 Å². The fourth-order valence-electron chi connectivity index (χ4n) is 2.79. The average molecular weight is 378 g/mol. The Morgan fingerprint density at radius 2 is 2.08 bits per heavy atom. The van der Waals surface area contributed by atoms with Crippen LogP contribution in [0.1, 0.15) is 25.3 Å². The number of nitrogens with one attached hydrogen (secondary N) is 2. The fraction of sp³-hybridized carbons (Fsp3) is 0.500. The van der Waals surface area contributed by atoms with E-state index in [1.165, 1.54) is 6.92 Å². The van der Waals surface area contributed by atoms with Crippen LogP contribution in [0.4, 0.5) is 18.9 Å². The SMILES string of the molecule is CC(=O)NC1CCCN(CC(=O)Nc2cc(C(F)(F)F)ccc2Cl)C1. The maximum atomic E-state index is 12.8. The van der Waals surface area contributed by atoms with Crippen molar-refractivity contribution in [2.75, 3.05) is 25.0 Å². The second-order valence-corrected chi connectivity index (χ2v) is 6.42. The molecule has 0 aliphatic carbocycles. The summed E-state index contributed by atoms with van der Waals surface area (Å²) in [6, 6.07) is 2.75. The average Bonchev–Trinajstić information content (AvgIpc) is 2.48. The van der Waals surface area contributed by atoms with Crippen molar-refractivity contribution in [1.29, 1.82) is 0 Å². The van der Waals surface area contributed by atoms with Crippen molar-refractivity contribution >= 4 is 29.1 Å². The molecule has 1 aliphatic rings. The van der Waals surface area contributed by atoms with Gasteiger partial charge in [-0.2, -0.15) is 13.2 Å². The molecule has 1 aromatic rings. The minimum absolute atomic E-state index is 0.0165. The van der Waals surface area contributed by atoms with Crippen LogP contribution in [0, 0.1) is 0 Å². The number of carbonyl (C=O) groups is 2. The molecule has 138 valence electrons. The number of alkyl halides is 3. The number of anilines is 1. The van der Waals surface area contributed by atoms with Crippen LogP contribution in [0.15, 0.2) is 18.2 Å².